The second-order valence-electron chi connectivity index (χ2n) is 9.29. The molecule has 0 unspecified atom stereocenters. The van der Waals surface area contributed by atoms with E-state index in [9.17, 15) is 4.79 Å². The number of nitrogens with one attached hydrogen (secondary N) is 1. The lowest BCUT2D eigenvalue weighted by Gasteiger charge is -2.42. The normalized spacial score (nSPS) is 15.5. The van der Waals surface area contributed by atoms with Gasteiger partial charge in [0.15, 0.2) is 0 Å². The molecule has 1 saturated heterocycles. The number of carbonyl (C=O) groups is 1. The van der Waals surface area contributed by atoms with Crippen LogP contribution in [-0.2, 0) is 11.3 Å². The fourth-order valence-electron chi connectivity index (χ4n) is 4.41. The van der Waals surface area contributed by atoms with Gasteiger partial charge < -0.3 is 15.0 Å². The highest BCUT2D eigenvalue weighted by atomic mass is 16.5. The Morgan fingerprint density at radius 1 is 1.09 bits per heavy atom. The van der Waals surface area contributed by atoms with Crippen LogP contribution in [0.2, 0.25) is 0 Å². The fraction of sp³-hybridized carbons (Fsp3) is 0.407. The van der Waals surface area contributed by atoms with E-state index in [2.05, 4.69) is 62.4 Å². The first-order valence-corrected chi connectivity index (χ1v) is 11.6. The van der Waals surface area contributed by atoms with Crippen molar-refractivity contribution in [2.75, 3.05) is 33.9 Å². The van der Waals surface area contributed by atoms with Gasteiger partial charge in [0.2, 0.25) is 0 Å². The van der Waals surface area contributed by atoms with E-state index in [4.69, 9.17) is 9.84 Å². The summed E-state index contributed by atoms with van der Waals surface area (Å²) in [4.78, 5) is 15.7. The molecule has 0 radical (unpaired) electrons. The Bertz CT molecular complexity index is 1100. The number of hydrogen-bond acceptors (Lipinski definition) is 4. The first-order valence-electron chi connectivity index (χ1n) is 11.6. The minimum Gasteiger partial charge on any atom is -0.381 e. The highest BCUT2D eigenvalue weighted by Crippen LogP contribution is 2.27. The molecular formula is C27H34N4O2. The monoisotopic (exact) mass is 446 g/mol. The second-order valence-corrected chi connectivity index (χ2v) is 9.29. The van der Waals surface area contributed by atoms with Gasteiger partial charge in [-0.1, -0.05) is 42.5 Å². The van der Waals surface area contributed by atoms with Crippen LogP contribution in [0, 0.1) is 13.8 Å². The van der Waals surface area contributed by atoms with Crippen LogP contribution in [0.25, 0.3) is 11.3 Å². The number of amides is 1. The molecule has 6 nitrogen and oxygen atoms in total. The Labute approximate surface area is 196 Å². The number of likely N-dealkylation sites (N-methyl/N-ethyl adjacent to an activating group) is 1. The van der Waals surface area contributed by atoms with E-state index in [1.165, 1.54) is 11.1 Å². The van der Waals surface area contributed by atoms with Crippen LogP contribution in [0.5, 0.6) is 0 Å². The quantitative estimate of drug-likeness (QED) is 0.595. The van der Waals surface area contributed by atoms with Crippen LogP contribution < -0.4 is 5.32 Å². The van der Waals surface area contributed by atoms with Crippen LogP contribution in [0.4, 0.5) is 0 Å². The average molecular weight is 447 g/mol. The minimum atomic E-state index is -0.0887. The van der Waals surface area contributed by atoms with E-state index in [1.807, 2.05) is 35.1 Å². The summed E-state index contributed by atoms with van der Waals surface area (Å²) >= 11 is 0. The Hall–Kier alpha value is -2.96. The molecule has 2 aromatic carbocycles. The summed E-state index contributed by atoms with van der Waals surface area (Å²) in [7, 11) is 4.16. The molecule has 2 heterocycles. The Kier molecular flexibility index (Phi) is 6.96. The molecular weight excluding hydrogens is 412 g/mol. The number of hydrogen-bond donors (Lipinski definition) is 1. The van der Waals surface area contributed by atoms with E-state index >= 15 is 0 Å². The fourth-order valence-corrected chi connectivity index (χ4v) is 4.41. The highest BCUT2D eigenvalue weighted by Gasteiger charge is 2.35. The molecule has 6 heteroatoms. The van der Waals surface area contributed by atoms with Gasteiger partial charge in [-0.15, -0.1) is 0 Å². The third kappa shape index (κ3) is 5.18. The lowest BCUT2D eigenvalue weighted by Crippen LogP contribution is -2.55. The molecule has 1 N–H and O–H groups in total. The summed E-state index contributed by atoms with van der Waals surface area (Å²) in [6, 6.07) is 16.4. The maximum Gasteiger partial charge on any atom is 0.255 e. The van der Waals surface area contributed by atoms with Gasteiger partial charge in [-0.2, -0.15) is 5.10 Å². The van der Waals surface area contributed by atoms with Crippen molar-refractivity contribution in [2.24, 2.45) is 0 Å². The van der Waals surface area contributed by atoms with Gasteiger partial charge in [0.25, 0.3) is 5.91 Å². The summed E-state index contributed by atoms with van der Waals surface area (Å²) < 4.78 is 7.44. The summed E-state index contributed by atoms with van der Waals surface area (Å²) in [5.74, 6) is -0.0877. The highest BCUT2D eigenvalue weighted by molar-refractivity contribution is 5.99. The third-order valence-electron chi connectivity index (χ3n) is 6.92. The van der Waals surface area contributed by atoms with Crippen LogP contribution in [-0.4, -0.2) is 60.0 Å². The topological polar surface area (TPSA) is 59.4 Å². The first-order chi connectivity index (χ1) is 15.9. The maximum absolute atomic E-state index is 13.4. The largest absolute Gasteiger partial charge is 0.381 e. The van der Waals surface area contributed by atoms with Crippen LogP contribution in [0.15, 0.2) is 54.7 Å². The third-order valence-corrected chi connectivity index (χ3v) is 6.92. The predicted molar refractivity (Wildman–Crippen MR) is 131 cm³/mol. The molecule has 1 aliphatic heterocycles. The van der Waals surface area contributed by atoms with Crippen LogP contribution >= 0.6 is 0 Å². The molecule has 1 aromatic heterocycles. The van der Waals surface area contributed by atoms with E-state index in [0.29, 0.717) is 18.7 Å². The maximum atomic E-state index is 13.4. The smallest absolute Gasteiger partial charge is 0.255 e. The number of carbonyl (C=O) groups excluding carboxylic acids is 1. The van der Waals surface area contributed by atoms with Crippen molar-refractivity contribution >= 4 is 5.91 Å². The number of rotatable bonds is 7. The van der Waals surface area contributed by atoms with Crippen LogP contribution in [0.1, 0.15) is 39.9 Å². The molecule has 3 aromatic rings. The first kappa shape index (κ1) is 23.2. The van der Waals surface area contributed by atoms with Crippen molar-refractivity contribution < 1.29 is 9.53 Å². The van der Waals surface area contributed by atoms with E-state index in [1.54, 1.807) is 0 Å². The second kappa shape index (κ2) is 9.89. The number of nitrogens with zero attached hydrogens (tertiary/aromatic N) is 3. The van der Waals surface area contributed by atoms with Gasteiger partial charge >= 0.3 is 0 Å². The number of aryl methyl sites for hydroxylation is 2. The Balaban J connectivity index is 1.63. The van der Waals surface area contributed by atoms with Crippen LogP contribution in [0.3, 0.4) is 0 Å². The molecule has 0 atom stereocenters. The number of benzene rings is 2. The molecule has 0 bridgehead atoms. The SMILES string of the molecule is Cc1ccc(-c2nn(Cc3ccccc3)cc2C(=O)NCC2(N(C)C)CCOCC2)cc1C. The van der Waals surface area contributed by atoms with Gasteiger partial charge in [-0.3, -0.25) is 9.48 Å². The minimum absolute atomic E-state index is 0.0877. The zero-order valence-corrected chi connectivity index (χ0v) is 20.1. The summed E-state index contributed by atoms with van der Waals surface area (Å²) in [6.45, 7) is 6.82. The van der Waals surface area contributed by atoms with Gasteiger partial charge in [-0.25, -0.2) is 0 Å². The molecule has 1 aliphatic rings. The predicted octanol–water partition coefficient (Wildman–Crippen LogP) is 4.06. The van der Waals surface area contributed by atoms with Crippen molar-refractivity contribution in [3.63, 3.8) is 0 Å². The lowest BCUT2D eigenvalue weighted by atomic mass is 9.88. The zero-order valence-electron chi connectivity index (χ0n) is 20.1. The van der Waals surface area contributed by atoms with Gasteiger partial charge in [0.05, 0.1) is 12.1 Å². The van der Waals surface area contributed by atoms with Crippen molar-refractivity contribution in [3.8, 4) is 11.3 Å². The van der Waals surface area contributed by atoms with Gasteiger partial charge in [-0.05, 0) is 63.5 Å². The molecule has 1 amide bonds. The molecule has 33 heavy (non-hydrogen) atoms. The molecule has 0 spiro atoms. The molecule has 174 valence electrons. The van der Waals surface area contributed by atoms with Gasteiger partial charge in [0.1, 0.15) is 5.69 Å². The summed E-state index contributed by atoms with van der Waals surface area (Å²) in [5.41, 5.74) is 5.75. The van der Waals surface area contributed by atoms with E-state index in [-0.39, 0.29) is 11.4 Å². The molecule has 0 aliphatic carbocycles. The van der Waals surface area contributed by atoms with Crippen molar-refractivity contribution in [1.29, 1.82) is 0 Å². The molecule has 1 fully saturated rings. The average Bonchev–Trinajstić information content (AvgIpc) is 3.24. The van der Waals surface area contributed by atoms with E-state index in [0.717, 1.165) is 42.9 Å². The molecule has 0 saturated carbocycles. The standard InChI is InChI=1S/C27H34N4O2/c1-20-10-11-23(16-21(20)2)25-24(18-31(29-25)17-22-8-6-5-7-9-22)26(32)28-19-27(30(3)4)12-14-33-15-13-27/h5-11,16,18H,12-15,17,19H2,1-4H3,(H,28,32). The number of ether oxygens (including phenoxy) is 1. The van der Waals surface area contributed by atoms with Crippen molar-refractivity contribution in [2.45, 2.75) is 38.8 Å². The Morgan fingerprint density at radius 2 is 1.82 bits per heavy atom. The zero-order chi connectivity index (χ0) is 23.4. The Morgan fingerprint density at radius 3 is 2.48 bits per heavy atom. The lowest BCUT2D eigenvalue weighted by molar-refractivity contribution is -0.00657. The molecule has 4 rings (SSSR count). The van der Waals surface area contributed by atoms with Crippen molar-refractivity contribution in [1.82, 2.24) is 20.0 Å². The summed E-state index contributed by atoms with van der Waals surface area (Å²) in [6.07, 6.45) is 3.67. The van der Waals surface area contributed by atoms with Crippen molar-refractivity contribution in [3.05, 3.63) is 77.0 Å². The number of aromatic nitrogens is 2. The summed E-state index contributed by atoms with van der Waals surface area (Å²) in [5, 5.41) is 8.05. The van der Waals surface area contributed by atoms with E-state index < -0.39 is 0 Å². The van der Waals surface area contributed by atoms with Gasteiger partial charge in [0, 0.05) is 37.1 Å².